The van der Waals surface area contributed by atoms with Crippen LogP contribution < -0.4 is 16.0 Å². The standard InChI is InChI=1S/C40H46F2N6O6/c1-23(30-20-29(14-11-25(30)10-9-24-7-8-24)45-37(51)33-6-5-17-47(33)39(53)54-40(2,3)4)44-38(52)34-19-28(42)22-48(34)35(49)21-43-36(50)32-15-12-26-18-27(41)13-16-31(26)46-32/h9-16,18,20,23-24,28,33-34H,5-8,17,19,21-22H2,1-4H3,(H,43,50)(H,44,52)(H,45,51)/b10-9+/t23-,28+,33+,34-/m0/s1. The van der Waals surface area contributed by atoms with Crippen molar-refractivity contribution < 1.29 is 37.5 Å². The number of likely N-dealkylation sites (tertiary alicyclic amines) is 2. The van der Waals surface area contributed by atoms with Crippen molar-refractivity contribution in [3.05, 3.63) is 77.2 Å². The molecule has 3 heterocycles. The van der Waals surface area contributed by atoms with Gasteiger partial charge in [0.2, 0.25) is 17.7 Å². The number of alkyl halides is 1. The van der Waals surface area contributed by atoms with Crippen molar-refractivity contribution in [2.45, 2.75) is 89.7 Å². The molecule has 3 aliphatic rings. The number of pyridine rings is 1. The fourth-order valence-electron chi connectivity index (χ4n) is 6.78. The monoisotopic (exact) mass is 744 g/mol. The minimum atomic E-state index is -1.44. The topological polar surface area (TPSA) is 150 Å². The third kappa shape index (κ3) is 9.39. The molecule has 54 heavy (non-hydrogen) atoms. The Morgan fingerprint density at radius 2 is 1.76 bits per heavy atom. The number of fused-ring (bicyclic) bond motifs is 1. The molecule has 2 aromatic carbocycles. The molecule has 12 nitrogen and oxygen atoms in total. The van der Waals surface area contributed by atoms with Gasteiger partial charge in [-0.3, -0.25) is 24.1 Å². The van der Waals surface area contributed by atoms with Gasteiger partial charge in [0.05, 0.1) is 24.6 Å². The number of amides is 5. The molecule has 14 heteroatoms. The lowest BCUT2D eigenvalue weighted by Crippen LogP contribution is -2.49. The molecule has 1 aromatic heterocycles. The summed E-state index contributed by atoms with van der Waals surface area (Å²) >= 11 is 0. The first-order valence-corrected chi connectivity index (χ1v) is 18.4. The van der Waals surface area contributed by atoms with Gasteiger partial charge in [0, 0.05) is 24.0 Å². The van der Waals surface area contributed by atoms with Gasteiger partial charge in [0.15, 0.2) is 0 Å². The van der Waals surface area contributed by atoms with E-state index in [0.717, 1.165) is 23.3 Å². The number of nitrogens with zero attached hydrogens (tertiary/aromatic N) is 3. The van der Waals surface area contributed by atoms with Crippen molar-refractivity contribution in [2.75, 3.05) is 25.0 Å². The van der Waals surface area contributed by atoms with Crippen molar-refractivity contribution >= 4 is 52.4 Å². The van der Waals surface area contributed by atoms with Gasteiger partial charge in [-0.2, -0.15) is 0 Å². The van der Waals surface area contributed by atoms with Crippen LogP contribution in [0.3, 0.4) is 0 Å². The molecule has 0 spiro atoms. The van der Waals surface area contributed by atoms with Crippen molar-refractivity contribution in [1.29, 1.82) is 0 Å². The van der Waals surface area contributed by atoms with Gasteiger partial charge in [-0.25, -0.2) is 18.6 Å². The van der Waals surface area contributed by atoms with Crippen molar-refractivity contribution in [3.8, 4) is 0 Å². The summed E-state index contributed by atoms with van der Waals surface area (Å²) in [7, 11) is 0. The number of carbonyl (C=O) groups excluding carboxylic acids is 5. The largest absolute Gasteiger partial charge is 0.444 e. The van der Waals surface area contributed by atoms with Crippen LogP contribution >= 0.6 is 0 Å². The second-order valence-electron chi connectivity index (χ2n) is 15.2. The highest BCUT2D eigenvalue weighted by Gasteiger charge is 2.40. The molecule has 0 bridgehead atoms. The van der Waals surface area contributed by atoms with E-state index in [2.05, 4.69) is 27.0 Å². The molecule has 286 valence electrons. The zero-order valence-corrected chi connectivity index (χ0v) is 30.9. The van der Waals surface area contributed by atoms with Crippen LogP contribution in [-0.4, -0.2) is 88.0 Å². The third-order valence-electron chi connectivity index (χ3n) is 9.69. The number of hydrogen-bond donors (Lipinski definition) is 3. The van der Waals surface area contributed by atoms with Crippen LogP contribution in [0.1, 0.15) is 87.5 Å². The molecule has 2 saturated heterocycles. The summed E-state index contributed by atoms with van der Waals surface area (Å²) in [6.07, 6.45) is 5.24. The summed E-state index contributed by atoms with van der Waals surface area (Å²) in [6.45, 7) is 6.70. The van der Waals surface area contributed by atoms with Gasteiger partial charge in [0.1, 0.15) is 35.4 Å². The third-order valence-corrected chi connectivity index (χ3v) is 9.69. The van der Waals surface area contributed by atoms with Crippen molar-refractivity contribution in [3.63, 3.8) is 0 Å². The number of nitrogens with one attached hydrogen (secondary N) is 3. The Morgan fingerprint density at radius 3 is 2.50 bits per heavy atom. The highest BCUT2D eigenvalue weighted by molar-refractivity contribution is 5.98. The first kappa shape index (κ1) is 38.3. The lowest BCUT2D eigenvalue weighted by atomic mass is 9.99. The molecule has 3 aromatic rings. The Balaban J connectivity index is 1.12. The quantitative estimate of drug-likeness (QED) is 0.242. The Hall–Kier alpha value is -5.40. The molecular formula is C40H46F2N6O6. The fourth-order valence-corrected chi connectivity index (χ4v) is 6.78. The number of aromatic nitrogens is 1. The normalized spacial score (nSPS) is 20.6. The average molecular weight is 745 g/mol. The fraction of sp³-hybridized carbons (Fsp3) is 0.450. The maximum absolute atomic E-state index is 14.8. The predicted octanol–water partition coefficient (Wildman–Crippen LogP) is 5.68. The van der Waals surface area contributed by atoms with Gasteiger partial charge in [0.25, 0.3) is 5.91 Å². The highest BCUT2D eigenvalue weighted by Crippen LogP contribution is 2.33. The van der Waals surface area contributed by atoms with E-state index in [1.165, 1.54) is 29.2 Å². The minimum absolute atomic E-state index is 0.0170. The molecule has 5 amide bonds. The summed E-state index contributed by atoms with van der Waals surface area (Å²) < 4.78 is 33.8. The number of ether oxygens (including phenoxy) is 1. The van der Waals surface area contributed by atoms with Gasteiger partial charge < -0.3 is 25.6 Å². The second kappa shape index (κ2) is 15.9. The summed E-state index contributed by atoms with van der Waals surface area (Å²) in [6, 6.07) is 9.88. The highest BCUT2D eigenvalue weighted by atomic mass is 19.1. The van der Waals surface area contributed by atoms with Crippen LogP contribution in [0.25, 0.3) is 17.0 Å². The Morgan fingerprint density at radius 1 is 0.981 bits per heavy atom. The molecule has 0 unspecified atom stereocenters. The number of halogens is 2. The summed E-state index contributed by atoms with van der Waals surface area (Å²) in [5, 5.41) is 8.88. The van der Waals surface area contributed by atoms with Gasteiger partial charge >= 0.3 is 6.09 Å². The molecule has 1 aliphatic carbocycles. The molecule has 2 aliphatic heterocycles. The van der Waals surface area contributed by atoms with Crippen molar-refractivity contribution in [1.82, 2.24) is 25.4 Å². The maximum Gasteiger partial charge on any atom is 0.410 e. The molecule has 4 atom stereocenters. The van der Waals surface area contributed by atoms with Crippen LogP contribution in [0.15, 0.2) is 54.6 Å². The minimum Gasteiger partial charge on any atom is -0.444 e. The van der Waals surface area contributed by atoms with E-state index in [9.17, 15) is 32.8 Å². The SMILES string of the molecule is C[C@H](NC(=O)[C@@H]1C[C@@H](F)CN1C(=O)CNC(=O)c1ccc2cc(F)ccc2n1)c1cc(NC(=O)[C@H]2CCCN2C(=O)OC(C)(C)C)ccc1/C=C/C1CC1. The van der Waals surface area contributed by atoms with Gasteiger partial charge in [-0.1, -0.05) is 24.3 Å². The lowest BCUT2D eigenvalue weighted by Gasteiger charge is -2.28. The average Bonchev–Trinajstić information content (AvgIpc) is 3.65. The summed E-state index contributed by atoms with van der Waals surface area (Å²) in [5.41, 5.74) is 1.70. The molecule has 6 rings (SSSR count). The Kier molecular flexibility index (Phi) is 11.3. The number of benzene rings is 2. The van der Waals surface area contributed by atoms with E-state index >= 15 is 0 Å². The second-order valence-corrected chi connectivity index (χ2v) is 15.2. The van der Waals surface area contributed by atoms with Gasteiger partial charge in [-0.15, -0.1) is 0 Å². The zero-order chi connectivity index (χ0) is 38.7. The first-order valence-electron chi connectivity index (χ1n) is 18.4. The Labute approximate surface area is 312 Å². The van der Waals surface area contributed by atoms with E-state index in [1.807, 2.05) is 12.1 Å². The number of carbonyl (C=O) groups is 5. The van der Waals surface area contributed by atoms with Gasteiger partial charge in [-0.05, 0) is 107 Å². The first-order chi connectivity index (χ1) is 25.6. The van der Waals surface area contributed by atoms with E-state index in [-0.39, 0.29) is 24.6 Å². The maximum atomic E-state index is 14.8. The van der Waals surface area contributed by atoms with E-state index in [1.54, 1.807) is 45.9 Å². The predicted molar refractivity (Wildman–Crippen MR) is 198 cm³/mol. The molecule has 1 saturated carbocycles. The summed E-state index contributed by atoms with van der Waals surface area (Å²) in [5.74, 6) is -2.15. The van der Waals surface area contributed by atoms with Crippen LogP contribution in [0.4, 0.5) is 19.3 Å². The van der Waals surface area contributed by atoms with Crippen LogP contribution in [-0.2, 0) is 19.1 Å². The lowest BCUT2D eigenvalue weighted by molar-refractivity contribution is -0.138. The van der Waals surface area contributed by atoms with Crippen LogP contribution in [0.5, 0.6) is 0 Å². The van der Waals surface area contributed by atoms with E-state index in [0.29, 0.717) is 47.5 Å². The van der Waals surface area contributed by atoms with E-state index in [4.69, 9.17) is 4.74 Å². The smallest absolute Gasteiger partial charge is 0.410 e. The molecule has 3 fully saturated rings. The van der Waals surface area contributed by atoms with Crippen LogP contribution in [0, 0.1) is 11.7 Å². The van der Waals surface area contributed by atoms with Crippen molar-refractivity contribution in [2.24, 2.45) is 5.92 Å². The van der Waals surface area contributed by atoms with E-state index < -0.39 is 66.1 Å². The summed E-state index contributed by atoms with van der Waals surface area (Å²) in [4.78, 5) is 72.8. The molecule has 0 radical (unpaired) electrons. The Bertz CT molecular complexity index is 1980. The number of rotatable bonds is 10. The molecule has 3 N–H and O–H groups in total. The molecular weight excluding hydrogens is 698 g/mol. The number of allylic oxidation sites excluding steroid dienone is 1. The number of hydrogen-bond acceptors (Lipinski definition) is 7. The van der Waals surface area contributed by atoms with Crippen LogP contribution in [0.2, 0.25) is 0 Å². The number of anilines is 1. The zero-order valence-electron chi connectivity index (χ0n) is 30.9.